The quantitative estimate of drug-likeness (QED) is 0.651. The number of piperazine rings is 1. The maximum atomic E-state index is 13.2. The van der Waals surface area contributed by atoms with Crippen LogP contribution in [0.15, 0.2) is 36.5 Å². The number of aromatic nitrogens is 1. The lowest BCUT2D eigenvalue weighted by Gasteiger charge is -2.36. The molecule has 0 N–H and O–H groups in total. The third-order valence-electron chi connectivity index (χ3n) is 6.86. The zero-order valence-electron chi connectivity index (χ0n) is 19.5. The van der Waals surface area contributed by atoms with E-state index >= 15 is 0 Å². The lowest BCUT2D eigenvalue weighted by Crippen LogP contribution is -2.50. The zero-order chi connectivity index (χ0) is 24.4. The van der Waals surface area contributed by atoms with Gasteiger partial charge in [0.1, 0.15) is 5.82 Å². The highest BCUT2D eigenvalue weighted by Gasteiger charge is 2.33. The SMILES string of the molecule is O=C(CN1CCN(c2ccc(C(F)(F)F)cn2)CC1)N1CCC[C@H]1c1ccc2c(c1)OCCCO2. The summed E-state index contributed by atoms with van der Waals surface area (Å²) in [7, 11) is 0. The summed E-state index contributed by atoms with van der Waals surface area (Å²) in [6.45, 7) is 4.84. The molecule has 10 heteroatoms. The van der Waals surface area contributed by atoms with E-state index in [2.05, 4.69) is 9.88 Å². The number of alkyl halides is 3. The fraction of sp³-hybridized carbons (Fsp3) is 0.520. The number of hydrogen-bond donors (Lipinski definition) is 0. The Kier molecular flexibility index (Phi) is 6.73. The van der Waals surface area contributed by atoms with Crippen LogP contribution in [-0.4, -0.2) is 73.2 Å². The van der Waals surface area contributed by atoms with Gasteiger partial charge in [-0.15, -0.1) is 0 Å². The fourth-order valence-electron chi connectivity index (χ4n) is 4.96. The Bertz CT molecular complexity index is 1040. The number of rotatable bonds is 4. The van der Waals surface area contributed by atoms with Crippen molar-refractivity contribution in [2.24, 2.45) is 0 Å². The van der Waals surface area contributed by atoms with Crippen LogP contribution < -0.4 is 14.4 Å². The van der Waals surface area contributed by atoms with Gasteiger partial charge >= 0.3 is 6.18 Å². The van der Waals surface area contributed by atoms with Crippen molar-refractivity contribution in [1.29, 1.82) is 0 Å². The number of carbonyl (C=O) groups is 1. The van der Waals surface area contributed by atoms with Gasteiger partial charge in [-0.05, 0) is 42.7 Å². The van der Waals surface area contributed by atoms with Crippen molar-refractivity contribution in [3.05, 3.63) is 47.7 Å². The molecule has 0 spiro atoms. The van der Waals surface area contributed by atoms with Crippen molar-refractivity contribution in [3.8, 4) is 11.5 Å². The Hall–Kier alpha value is -3.01. The Balaban J connectivity index is 1.17. The average Bonchev–Trinajstić information content (AvgIpc) is 3.23. The maximum absolute atomic E-state index is 13.2. The van der Waals surface area contributed by atoms with Crippen molar-refractivity contribution in [2.75, 3.05) is 57.4 Å². The van der Waals surface area contributed by atoms with Crippen LogP contribution in [0.1, 0.15) is 36.4 Å². The van der Waals surface area contributed by atoms with E-state index in [0.29, 0.717) is 51.8 Å². The van der Waals surface area contributed by atoms with E-state index in [0.717, 1.165) is 55.1 Å². The summed E-state index contributed by atoms with van der Waals surface area (Å²) in [6.07, 6.45) is -0.799. The van der Waals surface area contributed by atoms with Gasteiger partial charge in [-0.3, -0.25) is 9.69 Å². The Morgan fingerprint density at radius 2 is 1.74 bits per heavy atom. The lowest BCUT2D eigenvalue weighted by atomic mass is 10.0. The van der Waals surface area contributed by atoms with Gasteiger partial charge in [-0.25, -0.2) is 4.98 Å². The predicted octanol–water partition coefficient (Wildman–Crippen LogP) is 3.75. The van der Waals surface area contributed by atoms with Gasteiger partial charge in [0.05, 0.1) is 31.4 Å². The molecule has 5 rings (SSSR count). The first-order valence-corrected chi connectivity index (χ1v) is 12.1. The van der Waals surface area contributed by atoms with Crippen molar-refractivity contribution in [2.45, 2.75) is 31.5 Å². The van der Waals surface area contributed by atoms with Crippen LogP contribution in [-0.2, 0) is 11.0 Å². The van der Waals surface area contributed by atoms with E-state index in [4.69, 9.17) is 9.47 Å². The van der Waals surface area contributed by atoms with Crippen LogP contribution in [0.4, 0.5) is 19.0 Å². The molecule has 2 aromatic rings. The number of amides is 1. The molecule has 2 fully saturated rings. The number of pyridine rings is 1. The fourth-order valence-corrected chi connectivity index (χ4v) is 4.96. The van der Waals surface area contributed by atoms with Gasteiger partial charge in [-0.1, -0.05) is 6.07 Å². The van der Waals surface area contributed by atoms with Gasteiger partial charge in [0.2, 0.25) is 5.91 Å². The van der Waals surface area contributed by atoms with Gasteiger partial charge in [0.25, 0.3) is 0 Å². The molecule has 1 atom stereocenters. The summed E-state index contributed by atoms with van der Waals surface area (Å²) in [5.41, 5.74) is 0.317. The molecule has 0 aliphatic carbocycles. The molecule has 1 aromatic heterocycles. The first-order valence-electron chi connectivity index (χ1n) is 12.1. The van der Waals surface area contributed by atoms with E-state index in [1.165, 1.54) is 6.07 Å². The normalized spacial score (nSPS) is 21.2. The van der Waals surface area contributed by atoms with Crippen LogP contribution >= 0.6 is 0 Å². The molecule has 3 aliphatic heterocycles. The largest absolute Gasteiger partial charge is 0.490 e. The van der Waals surface area contributed by atoms with E-state index in [9.17, 15) is 18.0 Å². The van der Waals surface area contributed by atoms with Crippen LogP contribution in [0, 0.1) is 0 Å². The van der Waals surface area contributed by atoms with Crippen LogP contribution in [0.3, 0.4) is 0 Å². The summed E-state index contributed by atoms with van der Waals surface area (Å²) in [5, 5.41) is 0. The molecular weight excluding hydrogens is 461 g/mol. The monoisotopic (exact) mass is 490 g/mol. The van der Waals surface area contributed by atoms with E-state index in [-0.39, 0.29) is 11.9 Å². The zero-order valence-corrected chi connectivity index (χ0v) is 19.5. The molecule has 1 aromatic carbocycles. The van der Waals surface area contributed by atoms with Gasteiger partial charge < -0.3 is 19.3 Å². The molecule has 7 nitrogen and oxygen atoms in total. The van der Waals surface area contributed by atoms with Crippen molar-refractivity contribution >= 4 is 11.7 Å². The second-order valence-electron chi connectivity index (χ2n) is 9.17. The molecule has 0 unspecified atom stereocenters. The summed E-state index contributed by atoms with van der Waals surface area (Å²) >= 11 is 0. The molecule has 188 valence electrons. The molecule has 0 saturated carbocycles. The number of likely N-dealkylation sites (tertiary alicyclic amines) is 1. The first kappa shape index (κ1) is 23.7. The van der Waals surface area contributed by atoms with Crippen molar-refractivity contribution < 1.29 is 27.4 Å². The average molecular weight is 491 g/mol. The van der Waals surface area contributed by atoms with Crippen LogP contribution in [0.5, 0.6) is 11.5 Å². The Morgan fingerprint density at radius 3 is 2.46 bits per heavy atom. The standard InChI is InChI=1S/C25H29F3N4O3/c26-25(27,28)19-5-7-23(29-16-19)31-11-9-30(10-12-31)17-24(33)32-8-1-3-20(32)18-4-6-21-22(15-18)35-14-2-13-34-21/h4-7,15-16,20H,1-3,8-14,17H2/t20-/m0/s1. The number of anilines is 1. The molecule has 0 bridgehead atoms. The predicted molar refractivity (Wildman–Crippen MR) is 124 cm³/mol. The third kappa shape index (κ3) is 5.32. The van der Waals surface area contributed by atoms with Gasteiger partial charge in [0.15, 0.2) is 11.5 Å². The minimum Gasteiger partial charge on any atom is -0.490 e. The smallest absolute Gasteiger partial charge is 0.417 e. The van der Waals surface area contributed by atoms with E-state index in [1.54, 1.807) is 0 Å². The van der Waals surface area contributed by atoms with E-state index in [1.807, 2.05) is 28.0 Å². The third-order valence-corrected chi connectivity index (χ3v) is 6.86. The highest BCUT2D eigenvalue weighted by molar-refractivity contribution is 5.79. The summed E-state index contributed by atoms with van der Waals surface area (Å²) in [4.78, 5) is 23.2. The molecule has 35 heavy (non-hydrogen) atoms. The molecular formula is C25H29F3N4O3. The van der Waals surface area contributed by atoms with E-state index < -0.39 is 11.7 Å². The molecule has 3 aliphatic rings. The molecule has 2 saturated heterocycles. The number of benzene rings is 1. The summed E-state index contributed by atoms with van der Waals surface area (Å²) in [6, 6.07) is 8.47. The lowest BCUT2D eigenvalue weighted by molar-refractivity contribution is -0.137. The van der Waals surface area contributed by atoms with Crippen molar-refractivity contribution in [3.63, 3.8) is 0 Å². The maximum Gasteiger partial charge on any atom is 0.417 e. The number of halogens is 3. The summed E-state index contributed by atoms with van der Waals surface area (Å²) < 4.78 is 49.9. The Morgan fingerprint density at radius 1 is 0.971 bits per heavy atom. The number of nitrogens with zero attached hydrogens (tertiary/aromatic N) is 4. The van der Waals surface area contributed by atoms with Crippen molar-refractivity contribution in [1.82, 2.24) is 14.8 Å². The second-order valence-corrected chi connectivity index (χ2v) is 9.17. The van der Waals surface area contributed by atoms with Gasteiger partial charge in [-0.2, -0.15) is 13.2 Å². The topological polar surface area (TPSA) is 58.1 Å². The Labute approximate surface area is 202 Å². The minimum absolute atomic E-state index is 0.0253. The molecule has 4 heterocycles. The van der Waals surface area contributed by atoms with Crippen LogP contribution in [0.25, 0.3) is 0 Å². The number of fused-ring (bicyclic) bond motifs is 1. The van der Waals surface area contributed by atoms with Gasteiger partial charge in [0, 0.05) is 45.3 Å². The number of hydrogen-bond acceptors (Lipinski definition) is 6. The summed E-state index contributed by atoms with van der Waals surface area (Å²) in [5.74, 6) is 2.12. The minimum atomic E-state index is -4.39. The number of carbonyl (C=O) groups excluding carboxylic acids is 1. The number of ether oxygens (including phenoxy) is 2. The molecule has 1 amide bonds. The highest BCUT2D eigenvalue weighted by Crippen LogP contribution is 2.38. The highest BCUT2D eigenvalue weighted by atomic mass is 19.4. The van der Waals surface area contributed by atoms with Crippen LogP contribution in [0.2, 0.25) is 0 Å². The second kappa shape index (κ2) is 9.93. The first-order chi connectivity index (χ1) is 16.9. The molecule has 0 radical (unpaired) electrons.